The fraction of sp³-hybridized carbons (Fsp3) is 0.464. The summed E-state index contributed by atoms with van der Waals surface area (Å²) >= 11 is 15.4. The number of carboxylic acids is 1. The molecular formula is C28H28Cl2N6O3S2. The van der Waals surface area contributed by atoms with Crippen LogP contribution < -0.4 is 0 Å². The van der Waals surface area contributed by atoms with Crippen LogP contribution in [0.2, 0.25) is 10.3 Å². The van der Waals surface area contributed by atoms with E-state index in [4.69, 9.17) is 33.6 Å². The number of carboxylic acid groups (broad SMARTS) is 1. The predicted molar refractivity (Wildman–Crippen MR) is 161 cm³/mol. The largest absolute Gasteiger partial charge is 0.481 e. The lowest BCUT2D eigenvalue weighted by atomic mass is 9.87. The monoisotopic (exact) mass is 630 g/mol. The maximum atomic E-state index is 12.8. The third-order valence-electron chi connectivity index (χ3n) is 7.65. The first-order chi connectivity index (χ1) is 19.8. The number of amides is 1. The highest BCUT2D eigenvalue weighted by molar-refractivity contribution is 7.19. The second-order valence-corrected chi connectivity index (χ2v) is 13.1. The lowest BCUT2D eigenvalue weighted by molar-refractivity contribution is -0.142. The lowest BCUT2D eigenvalue weighted by Gasteiger charge is -2.27. The van der Waals surface area contributed by atoms with Gasteiger partial charge in [-0.15, -0.1) is 22.7 Å². The van der Waals surface area contributed by atoms with Crippen molar-refractivity contribution >= 4 is 78.2 Å². The highest BCUT2D eigenvalue weighted by atomic mass is 35.5. The van der Waals surface area contributed by atoms with Gasteiger partial charge in [-0.2, -0.15) is 5.26 Å². The first-order valence-electron chi connectivity index (χ1n) is 13.5. The maximum Gasteiger partial charge on any atom is 0.306 e. The van der Waals surface area contributed by atoms with Gasteiger partial charge in [0.15, 0.2) is 0 Å². The summed E-state index contributed by atoms with van der Waals surface area (Å²) in [5.74, 6) is -0.944. The van der Waals surface area contributed by atoms with Crippen molar-refractivity contribution in [2.75, 3.05) is 13.1 Å². The molecule has 6 rings (SSSR count). The third kappa shape index (κ3) is 6.16. The number of rotatable bonds is 6. The Morgan fingerprint density at radius 1 is 0.976 bits per heavy atom. The minimum absolute atomic E-state index is 0.0532. The van der Waals surface area contributed by atoms with Gasteiger partial charge in [-0.05, 0) is 56.1 Å². The molecule has 214 valence electrons. The Bertz CT molecular complexity index is 1650. The van der Waals surface area contributed by atoms with Gasteiger partial charge < -0.3 is 10.0 Å². The fourth-order valence-corrected chi connectivity index (χ4v) is 8.67. The number of carbonyl (C=O) groups is 2. The number of halogens is 2. The summed E-state index contributed by atoms with van der Waals surface area (Å²) in [5, 5.41) is 20.9. The Morgan fingerprint density at radius 2 is 1.51 bits per heavy atom. The zero-order valence-corrected chi connectivity index (χ0v) is 25.5. The van der Waals surface area contributed by atoms with E-state index in [1.165, 1.54) is 34.4 Å². The Hall–Kier alpha value is -2.91. The Morgan fingerprint density at radius 3 is 2.02 bits per heavy atom. The number of nitrogens with zero attached hydrogens (tertiary/aromatic N) is 6. The molecule has 0 aliphatic heterocycles. The summed E-state index contributed by atoms with van der Waals surface area (Å²) in [6.45, 7) is 2.92. The SMILES string of the molecule is CCCCN(CC#N)C(=O)C1CCc2c(sc3ncnc(Cl)c23)C1.O=C(O)C1CCc2c(sc3ncnc(Cl)c23)C1. The standard InChI is InChI=1S/C17H19ClN4OS.C11H9ClN2O2S/c1-2-3-7-22(8-6-19)17(23)11-4-5-12-13(9-11)24-16-14(12)15(18)20-10-21-16;12-9-8-6-2-1-5(11(15)16)3-7(6)17-10(8)14-4-13-9/h10-11H,2-5,7-9H2,1H3;4-5H,1-3H2,(H,15,16). The molecule has 0 spiro atoms. The van der Waals surface area contributed by atoms with Gasteiger partial charge in [0.05, 0.1) is 22.8 Å². The van der Waals surface area contributed by atoms with Crippen molar-refractivity contribution in [3.63, 3.8) is 0 Å². The number of fused-ring (bicyclic) bond motifs is 6. The molecule has 2 aliphatic carbocycles. The smallest absolute Gasteiger partial charge is 0.306 e. The van der Waals surface area contributed by atoms with Gasteiger partial charge in [-0.3, -0.25) is 9.59 Å². The van der Waals surface area contributed by atoms with Crippen LogP contribution in [0.25, 0.3) is 20.4 Å². The van der Waals surface area contributed by atoms with E-state index >= 15 is 0 Å². The molecule has 13 heteroatoms. The molecule has 4 aromatic heterocycles. The number of aromatic nitrogens is 4. The van der Waals surface area contributed by atoms with Crippen molar-refractivity contribution in [2.24, 2.45) is 11.8 Å². The Balaban J connectivity index is 0.000000174. The van der Waals surface area contributed by atoms with Crippen LogP contribution in [-0.2, 0) is 35.3 Å². The second-order valence-electron chi connectivity index (χ2n) is 10.2. The predicted octanol–water partition coefficient (Wildman–Crippen LogP) is 6.14. The van der Waals surface area contributed by atoms with Crippen LogP contribution in [0.4, 0.5) is 0 Å². The molecule has 0 radical (unpaired) electrons. The summed E-state index contributed by atoms with van der Waals surface area (Å²) in [4.78, 5) is 46.1. The summed E-state index contributed by atoms with van der Waals surface area (Å²) in [5.41, 5.74) is 2.35. The van der Waals surface area contributed by atoms with Gasteiger partial charge in [0.2, 0.25) is 5.91 Å². The molecule has 9 nitrogen and oxygen atoms in total. The Labute approximate surface area is 255 Å². The first kappa shape index (κ1) is 29.6. The average Bonchev–Trinajstić information content (AvgIpc) is 3.54. The topological polar surface area (TPSA) is 133 Å². The zero-order chi connectivity index (χ0) is 29.1. The molecule has 2 atom stereocenters. The van der Waals surface area contributed by atoms with E-state index < -0.39 is 5.97 Å². The molecule has 0 fully saturated rings. The number of nitriles is 1. The van der Waals surface area contributed by atoms with E-state index in [2.05, 4.69) is 32.9 Å². The van der Waals surface area contributed by atoms with Crippen molar-refractivity contribution in [3.8, 4) is 6.07 Å². The van der Waals surface area contributed by atoms with Crippen LogP contribution in [-0.4, -0.2) is 54.9 Å². The molecule has 4 aromatic rings. The number of hydrogen-bond acceptors (Lipinski definition) is 9. The van der Waals surface area contributed by atoms with Crippen LogP contribution in [0, 0.1) is 23.2 Å². The van der Waals surface area contributed by atoms with Crippen LogP contribution in [0.5, 0.6) is 0 Å². The van der Waals surface area contributed by atoms with E-state index in [9.17, 15) is 9.59 Å². The minimum atomic E-state index is -0.717. The minimum Gasteiger partial charge on any atom is -0.481 e. The van der Waals surface area contributed by atoms with Crippen molar-refractivity contribution in [1.82, 2.24) is 24.8 Å². The first-order valence-corrected chi connectivity index (χ1v) is 15.9. The number of carbonyl (C=O) groups excluding carboxylic acids is 1. The van der Waals surface area contributed by atoms with Gasteiger partial charge in [0.1, 0.15) is 39.2 Å². The summed E-state index contributed by atoms with van der Waals surface area (Å²) < 4.78 is 0. The van der Waals surface area contributed by atoms with Gasteiger partial charge in [-0.25, -0.2) is 19.9 Å². The molecule has 0 aromatic carbocycles. The van der Waals surface area contributed by atoms with Crippen molar-refractivity contribution in [3.05, 3.63) is 43.8 Å². The summed E-state index contributed by atoms with van der Waals surface area (Å²) in [6, 6.07) is 2.12. The molecule has 41 heavy (non-hydrogen) atoms. The number of unbranched alkanes of at least 4 members (excludes halogenated alkanes) is 1. The lowest BCUT2D eigenvalue weighted by Crippen LogP contribution is -2.39. The Kier molecular flexibility index (Phi) is 9.34. The second kappa shape index (κ2) is 12.9. The van der Waals surface area contributed by atoms with Gasteiger partial charge in [-0.1, -0.05) is 36.5 Å². The zero-order valence-electron chi connectivity index (χ0n) is 22.4. The van der Waals surface area contributed by atoms with Gasteiger partial charge in [0.25, 0.3) is 0 Å². The van der Waals surface area contributed by atoms with Crippen LogP contribution in [0.3, 0.4) is 0 Å². The van der Waals surface area contributed by atoms with Crippen molar-refractivity contribution in [1.29, 1.82) is 5.26 Å². The fourth-order valence-electron chi connectivity index (χ4n) is 5.52. The number of aryl methyl sites for hydroxylation is 2. The molecule has 2 aliphatic rings. The molecule has 4 heterocycles. The highest BCUT2D eigenvalue weighted by Crippen LogP contribution is 2.41. The number of thiophene rings is 2. The molecule has 0 saturated heterocycles. The van der Waals surface area contributed by atoms with Crippen LogP contribution >= 0.6 is 45.9 Å². The quantitative estimate of drug-likeness (QED) is 0.198. The maximum absolute atomic E-state index is 12.8. The van der Waals surface area contributed by atoms with Crippen molar-refractivity contribution < 1.29 is 14.7 Å². The van der Waals surface area contributed by atoms with E-state index in [0.29, 0.717) is 36.1 Å². The molecular weight excluding hydrogens is 603 g/mol. The van der Waals surface area contributed by atoms with Gasteiger partial charge >= 0.3 is 5.97 Å². The summed E-state index contributed by atoms with van der Waals surface area (Å²) in [7, 11) is 0. The van der Waals surface area contributed by atoms with E-state index in [0.717, 1.165) is 63.0 Å². The highest BCUT2D eigenvalue weighted by Gasteiger charge is 2.31. The van der Waals surface area contributed by atoms with Crippen LogP contribution in [0.15, 0.2) is 12.7 Å². The molecule has 0 saturated carbocycles. The number of hydrogen-bond donors (Lipinski definition) is 1. The normalized spacial score (nSPS) is 17.7. The number of aliphatic carboxylic acids is 1. The van der Waals surface area contributed by atoms with E-state index in [1.54, 1.807) is 16.2 Å². The average molecular weight is 632 g/mol. The molecule has 2 unspecified atom stereocenters. The summed E-state index contributed by atoms with van der Waals surface area (Å²) in [6.07, 6.45) is 9.18. The van der Waals surface area contributed by atoms with E-state index in [-0.39, 0.29) is 24.3 Å². The van der Waals surface area contributed by atoms with Crippen molar-refractivity contribution in [2.45, 2.75) is 58.3 Å². The van der Waals surface area contributed by atoms with Gasteiger partial charge in [0, 0.05) is 22.2 Å². The molecule has 0 bridgehead atoms. The third-order valence-corrected chi connectivity index (χ3v) is 10.5. The van der Waals surface area contributed by atoms with Crippen LogP contribution in [0.1, 0.15) is 53.5 Å². The molecule has 1 N–H and O–H groups in total. The van der Waals surface area contributed by atoms with E-state index in [1.807, 2.05) is 0 Å². The molecule has 1 amide bonds.